The molecule has 1 aromatic rings. The Bertz CT molecular complexity index is 536. The molecule has 1 aromatic heterocycles. The normalized spacial score (nSPS) is 18.5. The van der Waals surface area contributed by atoms with E-state index in [4.69, 9.17) is 11.6 Å². The fraction of sp³-hybridized carbons (Fsp3) is 0.636. The molecule has 0 aliphatic carbocycles. The summed E-state index contributed by atoms with van der Waals surface area (Å²) in [6.07, 6.45) is 1.74. The highest BCUT2D eigenvalue weighted by Crippen LogP contribution is 2.20. The summed E-state index contributed by atoms with van der Waals surface area (Å²) in [6.45, 7) is 4.90. The Labute approximate surface area is 118 Å². The second-order valence-electron chi connectivity index (χ2n) is 4.84. The van der Waals surface area contributed by atoms with E-state index in [0.717, 1.165) is 12.8 Å². The van der Waals surface area contributed by atoms with E-state index in [1.54, 1.807) is 13.0 Å². The number of rotatable bonds is 3. The number of nitrogens with zero attached hydrogens (tertiary/aromatic N) is 3. The predicted octanol–water partition coefficient (Wildman–Crippen LogP) is 1.83. The van der Waals surface area contributed by atoms with Crippen molar-refractivity contribution < 1.29 is 8.42 Å². The summed E-state index contributed by atoms with van der Waals surface area (Å²) in [5.41, 5.74) is 0.616. The zero-order chi connectivity index (χ0) is 14.0. The molecule has 2 rings (SSSR count). The van der Waals surface area contributed by atoms with Crippen molar-refractivity contribution in [3.63, 3.8) is 0 Å². The lowest BCUT2D eigenvalue weighted by molar-refractivity contribution is 0.289. The molecule has 2 heterocycles. The van der Waals surface area contributed by atoms with Crippen molar-refractivity contribution in [1.29, 1.82) is 0 Å². The van der Waals surface area contributed by atoms with Crippen LogP contribution in [0.4, 0.5) is 5.95 Å². The molecule has 19 heavy (non-hydrogen) atoms. The van der Waals surface area contributed by atoms with Gasteiger partial charge in [-0.1, -0.05) is 18.5 Å². The van der Waals surface area contributed by atoms with Crippen LogP contribution in [0.1, 0.15) is 25.5 Å². The van der Waals surface area contributed by atoms with Crippen molar-refractivity contribution in [3.8, 4) is 0 Å². The third kappa shape index (κ3) is 3.77. The molecule has 6 nitrogen and oxygen atoms in total. The van der Waals surface area contributed by atoms with Crippen LogP contribution < -0.4 is 4.72 Å². The molecule has 0 bridgehead atoms. The van der Waals surface area contributed by atoms with E-state index in [-0.39, 0.29) is 11.1 Å². The van der Waals surface area contributed by atoms with Gasteiger partial charge in [-0.15, -0.1) is 0 Å². The van der Waals surface area contributed by atoms with Gasteiger partial charge in [0.15, 0.2) is 0 Å². The Kier molecular flexibility index (Phi) is 4.27. The molecular weight excluding hydrogens is 288 g/mol. The maximum atomic E-state index is 12.2. The Hall–Kier alpha value is -0.920. The summed E-state index contributed by atoms with van der Waals surface area (Å²) in [7, 11) is -3.59. The molecule has 8 heteroatoms. The average molecular weight is 305 g/mol. The first-order chi connectivity index (χ1) is 8.87. The number of nitrogens with one attached hydrogen (secondary N) is 1. The Balaban J connectivity index is 2.12. The highest BCUT2D eigenvalue weighted by atomic mass is 35.5. The van der Waals surface area contributed by atoms with Crippen molar-refractivity contribution in [2.75, 3.05) is 17.8 Å². The quantitative estimate of drug-likeness (QED) is 0.864. The first-order valence-corrected chi connectivity index (χ1v) is 7.98. The van der Waals surface area contributed by atoms with Crippen LogP contribution in [0.5, 0.6) is 0 Å². The van der Waals surface area contributed by atoms with Gasteiger partial charge in [0.1, 0.15) is 5.15 Å². The third-order valence-corrected chi connectivity index (χ3v) is 4.80. The summed E-state index contributed by atoms with van der Waals surface area (Å²) in [5, 5.41) is 0.220. The van der Waals surface area contributed by atoms with E-state index in [0.29, 0.717) is 24.7 Å². The van der Waals surface area contributed by atoms with Crippen LogP contribution >= 0.6 is 11.6 Å². The fourth-order valence-electron chi connectivity index (χ4n) is 1.98. The maximum absolute atomic E-state index is 12.2. The molecule has 0 aromatic carbocycles. The second kappa shape index (κ2) is 5.60. The largest absolute Gasteiger partial charge is 0.303 e. The summed E-state index contributed by atoms with van der Waals surface area (Å²) in [6, 6.07) is 1.57. The molecule has 0 spiro atoms. The van der Waals surface area contributed by atoms with E-state index in [1.807, 2.05) is 0 Å². The minimum Gasteiger partial charge on any atom is -0.238 e. The molecule has 0 radical (unpaired) electrons. The predicted molar refractivity (Wildman–Crippen MR) is 74.3 cm³/mol. The van der Waals surface area contributed by atoms with Gasteiger partial charge >= 0.3 is 10.2 Å². The highest BCUT2D eigenvalue weighted by Gasteiger charge is 2.27. The van der Waals surface area contributed by atoms with Crippen molar-refractivity contribution in [1.82, 2.24) is 14.3 Å². The van der Waals surface area contributed by atoms with Crippen LogP contribution in [0, 0.1) is 12.8 Å². The van der Waals surface area contributed by atoms with Crippen LogP contribution in [0.25, 0.3) is 0 Å². The van der Waals surface area contributed by atoms with Gasteiger partial charge in [0, 0.05) is 18.8 Å². The fourth-order valence-corrected chi connectivity index (χ4v) is 3.36. The van der Waals surface area contributed by atoms with E-state index in [1.165, 1.54) is 4.31 Å². The molecule has 0 saturated carbocycles. The minimum absolute atomic E-state index is 0.0172. The van der Waals surface area contributed by atoms with Crippen molar-refractivity contribution in [2.45, 2.75) is 26.7 Å². The molecule has 1 fully saturated rings. The van der Waals surface area contributed by atoms with Crippen LogP contribution in [-0.2, 0) is 10.2 Å². The summed E-state index contributed by atoms with van der Waals surface area (Å²) >= 11 is 5.78. The van der Waals surface area contributed by atoms with Crippen molar-refractivity contribution in [2.24, 2.45) is 5.92 Å². The van der Waals surface area contributed by atoms with Crippen LogP contribution in [-0.4, -0.2) is 35.8 Å². The van der Waals surface area contributed by atoms with Gasteiger partial charge in [0.2, 0.25) is 5.95 Å². The van der Waals surface area contributed by atoms with E-state index in [9.17, 15) is 8.42 Å². The third-order valence-electron chi connectivity index (χ3n) is 3.13. The zero-order valence-corrected chi connectivity index (χ0v) is 12.5. The molecular formula is C11H17ClN4O2S. The van der Waals surface area contributed by atoms with Gasteiger partial charge in [-0.3, -0.25) is 0 Å². The number of hydrogen-bond acceptors (Lipinski definition) is 4. The standard InChI is InChI=1S/C11H17ClN4O2S/c1-8-3-5-16(6-4-8)19(17,18)15-11-13-9(2)7-10(12)14-11/h7-8H,3-6H2,1-2H3,(H,13,14,15). The van der Waals surface area contributed by atoms with Gasteiger partial charge in [-0.2, -0.15) is 12.7 Å². The zero-order valence-electron chi connectivity index (χ0n) is 10.9. The topological polar surface area (TPSA) is 75.2 Å². The molecule has 0 amide bonds. The molecule has 1 saturated heterocycles. The Morgan fingerprint density at radius 1 is 1.37 bits per heavy atom. The van der Waals surface area contributed by atoms with Gasteiger partial charge in [0.25, 0.3) is 0 Å². The summed E-state index contributed by atoms with van der Waals surface area (Å²) < 4.78 is 28.2. The number of halogens is 1. The van der Waals surface area contributed by atoms with Crippen molar-refractivity contribution >= 4 is 27.8 Å². The first kappa shape index (κ1) is 14.5. The Morgan fingerprint density at radius 3 is 2.58 bits per heavy atom. The van der Waals surface area contributed by atoms with E-state index < -0.39 is 10.2 Å². The van der Waals surface area contributed by atoms with Gasteiger partial charge < -0.3 is 0 Å². The number of aryl methyl sites for hydroxylation is 1. The van der Waals surface area contributed by atoms with Crippen molar-refractivity contribution in [3.05, 3.63) is 16.9 Å². The van der Waals surface area contributed by atoms with Crippen LogP contribution in [0.3, 0.4) is 0 Å². The molecule has 1 N–H and O–H groups in total. The van der Waals surface area contributed by atoms with Gasteiger partial charge in [-0.25, -0.2) is 14.7 Å². The summed E-state index contributed by atoms with van der Waals surface area (Å²) in [5.74, 6) is 0.583. The maximum Gasteiger partial charge on any atom is 0.303 e. The lowest BCUT2D eigenvalue weighted by atomic mass is 10.0. The Morgan fingerprint density at radius 2 is 2.00 bits per heavy atom. The molecule has 1 aliphatic heterocycles. The number of aromatic nitrogens is 2. The van der Waals surface area contributed by atoms with Crippen LogP contribution in [0.15, 0.2) is 6.07 Å². The van der Waals surface area contributed by atoms with Gasteiger partial charge in [-0.05, 0) is 31.7 Å². The van der Waals surface area contributed by atoms with E-state index >= 15 is 0 Å². The first-order valence-electron chi connectivity index (χ1n) is 6.16. The minimum atomic E-state index is -3.59. The average Bonchev–Trinajstić information content (AvgIpc) is 2.27. The lowest BCUT2D eigenvalue weighted by Crippen LogP contribution is -2.41. The number of hydrogen-bond donors (Lipinski definition) is 1. The van der Waals surface area contributed by atoms with Crippen LogP contribution in [0.2, 0.25) is 5.15 Å². The number of piperidine rings is 1. The molecule has 106 valence electrons. The smallest absolute Gasteiger partial charge is 0.238 e. The molecule has 0 unspecified atom stereocenters. The van der Waals surface area contributed by atoms with E-state index in [2.05, 4.69) is 21.6 Å². The lowest BCUT2D eigenvalue weighted by Gasteiger charge is -2.29. The second-order valence-corrected chi connectivity index (χ2v) is 6.90. The molecule has 1 aliphatic rings. The number of anilines is 1. The highest BCUT2D eigenvalue weighted by molar-refractivity contribution is 7.90. The monoisotopic (exact) mass is 304 g/mol. The SMILES string of the molecule is Cc1cc(Cl)nc(NS(=O)(=O)N2CCC(C)CC2)n1. The molecule has 0 atom stereocenters. The van der Waals surface area contributed by atoms with Gasteiger partial charge in [0.05, 0.1) is 0 Å². The summed E-state index contributed by atoms with van der Waals surface area (Å²) in [4.78, 5) is 7.88.